The Morgan fingerprint density at radius 3 is 1.07 bits per heavy atom. The molecule has 2 rings (SSSR count). The molecule has 0 aromatic heterocycles. The van der Waals surface area contributed by atoms with Gasteiger partial charge < -0.3 is 42.3 Å². The van der Waals surface area contributed by atoms with E-state index in [-0.39, 0.29) is 5.04 Å². The lowest BCUT2D eigenvalue weighted by Gasteiger charge is -2.43. The predicted molar refractivity (Wildman–Crippen MR) is 175 cm³/mol. The molecule has 0 atom stereocenters. The minimum absolute atomic E-state index is 0.0502. The smallest absolute Gasteiger partial charge is 0.261 e. The molecule has 44 heavy (non-hydrogen) atoms. The van der Waals surface area contributed by atoms with Crippen molar-refractivity contribution in [2.24, 2.45) is 0 Å². The number of ether oxygens (including phenoxy) is 8. The molecule has 0 N–H and O–H groups in total. The fourth-order valence-corrected chi connectivity index (χ4v) is 9.17. The van der Waals surface area contributed by atoms with Crippen molar-refractivity contribution < 1.29 is 42.3 Å². The summed E-state index contributed by atoms with van der Waals surface area (Å²) in [6.45, 7) is 18.6. The number of hydrogen-bond acceptors (Lipinski definition) is 9. The summed E-state index contributed by atoms with van der Waals surface area (Å²) in [5.41, 5.74) is 0. The zero-order chi connectivity index (χ0) is 31.6. The van der Waals surface area contributed by atoms with Gasteiger partial charge in [0.1, 0.15) is 6.61 Å². The molecule has 9 nitrogen and oxygen atoms in total. The van der Waals surface area contributed by atoms with E-state index in [1.165, 1.54) is 16.6 Å². The zero-order valence-electron chi connectivity index (χ0n) is 27.0. The highest BCUT2D eigenvalue weighted by molar-refractivity contribution is 6.99. The average Bonchev–Trinajstić information content (AvgIpc) is 3.03. The van der Waals surface area contributed by atoms with Crippen LogP contribution in [0.3, 0.4) is 0 Å². The second-order valence-corrected chi connectivity index (χ2v) is 15.1. The molecular formula is C34H54O9Si. The Balaban J connectivity index is 1.44. The van der Waals surface area contributed by atoms with Gasteiger partial charge in [0.25, 0.3) is 8.32 Å². The lowest BCUT2D eigenvalue weighted by atomic mass is 10.2. The van der Waals surface area contributed by atoms with E-state index in [1.807, 2.05) is 0 Å². The Kier molecular flexibility index (Phi) is 20.9. The quantitative estimate of drug-likeness (QED) is 0.0788. The van der Waals surface area contributed by atoms with Gasteiger partial charge in [-0.15, -0.1) is 0 Å². The third kappa shape index (κ3) is 15.2. The van der Waals surface area contributed by atoms with Crippen LogP contribution in [0.2, 0.25) is 5.04 Å². The predicted octanol–water partition coefficient (Wildman–Crippen LogP) is 3.84. The van der Waals surface area contributed by atoms with E-state index >= 15 is 0 Å². The van der Waals surface area contributed by atoms with Crippen LogP contribution in [0.15, 0.2) is 73.5 Å². The first kappa shape index (κ1) is 38.1. The molecule has 0 heterocycles. The van der Waals surface area contributed by atoms with Crippen molar-refractivity contribution in [3.8, 4) is 0 Å². The van der Waals surface area contributed by atoms with E-state index in [9.17, 15) is 0 Å². The molecule has 248 valence electrons. The molecule has 0 aliphatic rings. The van der Waals surface area contributed by atoms with Crippen LogP contribution in [0.1, 0.15) is 20.8 Å². The van der Waals surface area contributed by atoms with Crippen LogP contribution in [-0.2, 0) is 42.3 Å². The van der Waals surface area contributed by atoms with Crippen LogP contribution < -0.4 is 10.4 Å². The summed E-state index contributed by atoms with van der Waals surface area (Å²) in [5.74, 6) is 0. The maximum atomic E-state index is 6.83. The minimum atomic E-state index is -2.53. The molecule has 2 aromatic rings. The maximum Gasteiger partial charge on any atom is 0.261 e. The van der Waals surface area contributed by atoms with Crippen LogP contribution in [0.25, 0.3) is 0 Å². The molecule has 0 radical (unpaired) electrons. The van der Waals surface area contributed by atoms with Gasteiger partial charge in [-0.25, -0.2) is 0 Å². The Labute approximate surface area is 265 Å². The summed E-state index contributed by atoms with van der Waals surface area (Å²) in [4.78, 5) is 0. The van der Waals surface area contributed by atoms with E-state index < -0.39 is 8.32 Å². The molecule has 0 amide bonds. The summed E-state index contributed by atoms with van der Waals surface area (Å²) in [5, 5.41) is 2.49. The van der Waals surface area contributed by atoms with Gasteiger partial charge in [0.15, 0.2) is 0 Å². The van der Waals surface area contributed by atoms with E-state index in [0.717, 1.165) is 0 Å². The number of benzene rings is 2. The Morgan fingerprint density at radius 1 is 0.477 bits per heavy atom. The highest BCUT2D eigenvalue weighted by atomic mass is 28.4. The molecule has 0 aliphatic carbocycles. The van der Waals surface area contributed by atoms with Crippen molar-refractivity contribution in [2.75, 3.05) is 106 Å². The largest absolute Gasteiger partial charge is 0.499 e. The third-order valence-electron chi connectivity index (χ3n) is 6.66. The van der Waals surface area contributed by atoms with Gasteiger partial charge in [-0.05, 0) is 15.4 Å². The lowest BCUT2D eigenvalue weighted by Crippen LogP contribution is -2.66. The molecule has 0 spiro atoms. The molecule has 0 bridgehead atoms. The molecule has 0 aliphatic heterocycles. The number of hydrogen-bond donors (Lipinski definition) is 0. The Bertz CT molecular complexity index is 901. The summed E-state index contributed by atoms with van der Waals surface area (Å²) >= 11 is 0. The first-order valence-corrected chi connectivity index (χ1v) is 17.4. The van der Waals surface area contributed by atoms with Crippen molar-refractivity contribution >= 4 is 18.7 Å². The van der Waals surface area contributed by atoms with Gasteiger partial charge in [0, 0.05) is 0 Å². The van der Waals surface area contributed by atoms with Crippen molar-refractivity contribution in [3.05, 3.63) is 73.5 Å². The van der Waals surface area contributed by atoms with Crippen molar-refractivity contribution in [2.45, 2.75) is 25.8 Å². The van der Waals surface area contributed by atoms with Crippen molar-refractivity contribution in [1.29, 1.82) is 0 Å². The first-order valence-electron chi connectivity index (χ1n) is 15.5. The van der Waals surface area contributed by atoms with Crippen LogP contribution in [0, 0.1) is 0 Å². The second kappa shape index (κ2) is 24.2. The normalized spacial score (nSPS) is 12.0. The summed E-state index contributed by atoms with van der Waals surface area (Å²) in [6, 6.07) is 21.3. The third-order valence-corrected chi connectivity index (χ3v) is 11.7. The monoisotopic (exact) mass is 634 g/mol. The van der Waals surface area contributed by atoms with E-state index in [2.05, 4.69) is 88.0 Å². The van der Waals surface area contributed by atoms with Crippen molar-refractivity contribution in [1.82, 2.24) is 0 Å². The SMILES string of the molecule is C=COCCOCCOCCOCCOCCOCCOCCOCCO[Si](c1ccccc1)(c1ccccc1)C(C)(C)C. The van der Waals surface area contributed by atoms with Crippen LogP contribution in [-0.4, -0.2) is 114 Å². The summed E-state index contributed by atoms with van der Waals surface area (Å²) < 4.78 is 50.5. The molecule has 0 fully saturated rings. The van der Waals surface area contributed by atoms with E-state index in [1.54, 1.807) is 0 Å². The van der Waals surface area contributed by atoms with Crippen LogP contribution >= 0.6 is 0 Å². The highest BCUT2D eigenvalue weighted by Crippen LogP contribution is 2.36. The van der Waals surface area contributed by atoms with Gasteiger partial charge in [-0.3, -0.25) is 0 Å². The lowest BCUT2D eigenvalue weighted by molar-refractivity contribution is -0.0223. The zero-order valence-corrected chi connectivity index (χ0v) is 28.0. The highest BCUT2D eigenvalue weighted by Gasteiger charge is 2.49. The van der Waals surface area contributed by atoms with Crippen LogP contribution in [0.4, 0.5) is 0 Å². The van der Waals surface area contributed by atoms with Crippen LogP contribution in [0.5, 0.6) is 0 Å². The minimum Gasteiger partial charge on any atom is -0.499 e. The fraction of sp³-hybridized carbons (Fsp3) is 0.588. The molecule has 0 unspecified atom stereocenters. The van der Waals surface area contributed by atoms with Gasteiger partial charge in [0.05, 0.1) is 105 Å². The van der Waals surface area contributed by atoms with Gasteiger partial charge in [0.2, 0.25) is 0 Å². The first-order chi connectivity index (χ1) is 21.5. The number of rotatable bonds is 28. The van der Waals surface area contributed by atoms with E-state index in [4.69, 9.17) is 42.3 Å². The van der Waals surface area contributed by atoms with Gasteiger partial charge in [-0.2, -0.15) is 0 Å². The fourth-order valence-electron chi connectivity index (χ4n) is 4.63. The van der Waals surface area contributed by atoms with Gasteiger partial charge in [-0.1, -0.05) is 88.0 Å². The molecule has 0 saturated carbocycles. The maximum absolute atomic E-state index is 6.83. The average molecular weight is 635 g/mol. The molecule has 0 saturated heterocycles. The topological polar surface area (TPSA) is 83.1 Å². The van der Waals surface area contributed by atoms with E-state index in [0.29, 0.717) is 106 Å². The summed E-state index contributed by atoms with van der Waals surface area (Å²) in [7, 11) is -2.53. The molecule has 10 heteroatoms. The second-order valence-electron chi connectivity index (χ2n) is 10.8. The Hall–Kier alpha value is -2.12. The molecule has 2 aromatic carbocycles. The summed E-state index contributed by atoms with van der Waals surface area (Å²) in [6.07, 6.45) is 1.40. The molecular weight excluding hydrogens is 580 g/mol. The Morgan fingerprint density at radius 2 is 0.773 bits per heavy atom. The van der Waals surface area contributed by atoms with Gasteiger partial charge >= 0.3 is 0 Å². The van der Waals surface area contributed by atoms with Crippen molar-refractivity contribution in [3.63, 3.8) is 0 Å². The standard InChI is InChI=1S/C34H54O9Si/c1-5-35-16-17-36-18-19-37-20-21-38-22-23-39-24-25-40-26-27-41-28-29-42-30-31-43-44(34(2,3)4,32-12-8-6-9-13-32)33-14-10-7-11-15-33/h5-15H,1,16-31H2,2-4H3.